The van der Waals surface area contributed by atoms with Crippen LogP contribution in [-0.2, 0) is 0 Å². The van der Waals surface area contributed by atoms with Crippen molar-refractivity contribution in [2.75, 3.05) is 0 Å². The molecule has 0 spiro atoms. The molecule has 4 atom stereocenters. The molecule has 0 saturated heterocycles. The molecule has 0 N–H and O–H groups in total. The van der Waals surface area contributed by atoms with E-state index >= 15 is 0 Å². The highest BCUT2D eigenvalue weighted by atomic mass is 127. The Morgan fingerprint density at radius 3 is 2.73 bits per heavy atom. The van der Waals surface area contributed by atoms with Crippen LogP contribution >= 0.6 is 22.6 Å². The predicted octanol–water partition coefficient (Wildman–Crippen LogP) is 6.35. The number of hydrogen-bond acceptors (Lipinski definition) is 0. The predicted molar refractivity (Wildman–Crippen MR) is 101 cm³/mol. The number of rotatable bonds is 0. The lowest BCUT2D eigenvalue weighted by Crippen LogP contribution is -2.35. The minimum atomic E-state index is 0.660. The second kappa shape index (κ2) is 4.83. The normalized spacial score (nSPS) is 34.9. The molecular weight excluding hydrogens is 379 g/mol. The van der Waals surface area contributed by atoms with Crippen LogP contribution in [0.4, 0.5) is 0 Å². The molecule has 0 aromatic heterocycles. The van der Waals surface area contributed by atoms with Crippen molar-refractivity contribution in [1.29, 1.82) is 0 Å². The molecule has 0 heterocycles. The van der Waals surface area contributed by atoms with Crippen molar-refractivity contribution in [3.05, 3.63) is 64.3 Å². The Balaban J connectivity index is 1.79. The fourth-order valence-corrected chi connectivity index (χ4v) is 6.17. The first kappa shape index (κ1) is 13.6. The maximum Gasteiger partial charge on any atom is 0.0400 e. The molecule has 0 aliphatic heterocycles. The Kier molecular flexibility index (Phi) is 2.99. The van der Waals surface area contributed by atoms with E-state index in [1.165, 1.54) is 25.7 Å². The Morgan fingerprint density at radius 2 is 1.82 bits per heavy atom. The summed E-state index contributed by atoms with van der Waals surface area (Å²) in [7, 11) is 0. The van der Waals surface area contributed by atoms with Gasteiger partial charge >= 0.3 is 0 Å². The maximum absolute atomic E-state index is 2.64. The Labute approximate surface area is 146 Å². The van der Waals surface area contributed by atoms with E-state index in [0.29, 0.717) is 9.84 Å². The molecule has 0 amide bonds. The highest BCUT2D eigenvalue weighted by Gasteiger charge is 2.45. The second-order valence-corrected chi connectivity index (χ2v) is 8.78. The molecule has 112 valence electrons. The lowest BCUT2D eigenvalue weighted by molar-refractivity contribution is 0.334. The molecular formula is C21H21I. The molecule has 4 aliphatic rings. The van der Waals surface area contributed by atoms with Gasteiger partial charge in [0.2, 0.25) is 0 Å². The van der Waals surface area contributed by atoms with Crippen molar-refractivity contribution < 1.29 is 0 Å². The number of allylic oxidation sites excluding steroid dienone is 6. The van der Waals surface area contributed by atoms with E-state index in [4.69, 9.17) is 0 Å². The van der Waals surface area contributed by atoms with Crippen LogP contribution in [-0.4, -0.2) is 0 Å². The summed E-state index contributed by atoms with van der Waals surface area (Å²) in [6.07, 6.45) is 12.7. The zero-order valence-electron chi connectivity index (χ0n) is 13.0. The zero-order chi connectivity index (χ0) is 14.8. The van der Waals surface area contributed by atoms with Crippen LogP contribution in [0.3, 0.4) is 0 Å². The topological polar surface area (TPSA) is 0 Å². The van der Waals surface area contributed by atoms with Crippen LogP contribution in [0.2, 0.25) is 0 Å². The molecule has 4 aliphatic carbocycles. The van der Waals surface area contributed by atoms with E-state index in [2.05, 4.69) is 65.9 Å². The van der Waals surface area contributed by atoms with Crippen molar-refractivity contribution in [3.8, 4) is 0 Å². The molecule has 0 fully saturated rings. The van der Waals surface area contributed by atoms with Crippen molar-refractivity contribution in [2.45, 2.75) is 42.4 Å². The molecule has 0 nitrogen and oxygen atoms in total. The van der Waals surface area contributed by atoms with Gasteiger partial charge in [-0.15, -0.1) is 0 Å². The van der Waals surface area contributed by atoms with E-state index in [-0.39, 0.29) is 0 Å². The van der Waals surface area contributed by atoms with Gasteiger partial charge in [-0.2, -0.15) is 0 Å². The van der Waals surface area contributed by atoms with Crippen LogP contribution in [0.1, 0.15) is 59.1 Å². The quantitative estimate of drug-likeness (QED) is 0.352. The van der Waals surface area contributed by atoms with E-state index in [9.17, 15) is 0 Å². The summed E-state index contributed by atoms with van der Waals surface area (Å²) >= 11 is 2.64. The standard InChI is InChI=1S/C21H21I/c1-12-8-9-16-15-6-3-7-18-19(22)11-10-17(21(15)18)14-5-2-4-13(12)20(14)16/h3-4,6-8,10,14,16,19-20H,2,5,9,11H2,1H3. The second-order valence-electron chi connectivity index (χ2n) is 7.27. The van der Waals surface area contributed by atoms with Crippen LogP contribution in [0.5, 0.6) is 0 Å². The van der Waals surface area contributed by atoms with Crippen LogP contribution in [0, 0.1) is 11.8 Å². The minimum Gasteiger partial charge on any atom is -0.0807 e. The maximum atomic E-state index is 2.64. The van der Waals surface area contributed by atoms with E-state index < -0.39 is 0 Å². The summed E-state index contributed by atoms with van der Waals surface area (Å²) in [5.41, 5.74) is 9.81. The lowest BCUT2D eigenvalue weighted by Gasteiger charge is -2.48. The molecule has 22 heavy (non-hydrogen) atoms. The number of fused-ring (bicyclic) bond motifs is 2. The lowest BCUT2D eigenvalue weighted by atomic mass is 9.56. The Morgan fingerprint density at radius 1 is 0.955 bits per heavy atom. The molecule has 0 bridgehead atoms. The first-order chi connectivity index (χ1) is 10.8. The molecule has 1 aromatic rings. The summed E-state index contributed by atoms with van der Waals surface area (Å²) in [6.45, 7) is 2.33. The number of alkyl halides is 1. The van der Waals surface area contributed by atoms with E-state index in [1.54, 1.807) is 33.4 Å². The van der Waals surface area contributed by atoms with Crippen LogP contribution < -0.4 is 0 Å². The third-order valence-corrected chi connectivity index (χ3v) is 7.48. The van der Waals surface area contributed by atoms with Gasteiger partial charge in [0.25, 0.3) is 0 Å². The highest BCUT2D eigenvalue weighted by molar-refractivity contribution is 14.1. The van der Waals surface area contributed by atoms with Gasteiger partial charge in [-0.05, 0) is 78.2 Å². The van der Waals surface area contributed by atoms with Gasteiger partial charge in [0.1, 0.15) is 0 Å². The summed E-state index contributed by atoms with van der Waals surface area (Å²) in [5, 5.41) is 0. The SMILES string of the molecule is CC1=CCC2c3cccc4c3C(=CCC4I)C3CCC=C1C32. The van der Waals surface area contributed by atoms with Crippen molar-refractivity contribution in [2.24, 2.45) is 11.8 Å². The van der Waals surface area contributed by atoms with Crippen LogP contribution in [0.15, 0.2) is 47.6 Å². The van der Waals surface area contributed by atoms with Gasteiger partial charge in [-0.25, -0.2) is 0 Å². The zero-order valence-corrected chi connectivity index (χ0v) is 15.1. The molecule has 1 heteroatoms. The average molecular weight is 400 g/mol. The van der Waals surface area contributed by atoms with Crippen LogP contribution in [0.25, 0.3) is 5.57 Å². The Bertz CT molecular complexity index is 749. The van der Waals surface area contributed by atoms with Gasteiger partial charge in [0.15, 0.2) is 0 Å². The molecule has 4 unspecified atom stereocenters. The molecule has 0 saturated carbocycles. The summed E-state index contributed by atoms with van der Waals surface area (Å²) in [6, 6.07) is 7.11. The highest BCUT2D eigenvalue weighted by Crippen LogP contribution is 2.59. The number of hydrogen-bond donors (Lipinski definition) is 0. The van der Waals surface area contributed by atoms with Gasteiger partial charge < -0.3 is 0 Å². The number of halogens is 1. The molecule has 5 rings (SSSR count). The third kappa shape index (κ3) is 1.69. The molecule has 1 aromatic carbocycles. The van der Waals surface area contributed by atoms with E-state index in [1.807, 2.05) is 0 Å². The largest absolute Gasteiger partial charge is 0.0807 e. The average Bonchev–Trinajstić information content (AvgIpc) is 2.55. The van der Waals surface area contributed by atoms with Crippen molar-refractivity contribution >= 4 is 28.2 Å². The third-order valence-electron chi connectivity index (χ3n) is 6.30. The summed E-state index contributed by atoms with van der Waals surface area (Å²) < 4.78 is 0.660. The van der Waals surface area contributed by atoms with Gasteiger partial charge in [0, 0.05) is 3.92 Å². The molecule has 0 radical (unpaired) electrons. The van der Waals surface area contributed by atoms with Crippen molar-refractivity contribution in [3.63, 3.8) is 0 Å². The summed E-state index contributed by atoms with van der Waals surface area (Å²) in [5.74, 6) is 2.23. The van der Waals surface area contributed by atoms with E-state index in [0.717, 1.165) is 11.8 Å². The fraction of sp³-hybridized carbons (Fsp3) is 0.429. The van der Waals surface area contributed by atoms with Gasteiger partial charge in [-0.1, -0.05) is 64.6 Å². The Hall–Kier alpha value is -0.830. The monoisotopic (exact) mass is 400 g/mol. The van der Waals surface area contributed by atoms with Gasteiger partial charge in [-0.3, -0.25) is 0 Å². The van der Waals surface area contributed by atoms with Crippen molar-refractivity contribution in [1.82, 2.24) is 0 Å². The number of benzene rings is 1. The minimum absolute atomic E-state index is 0.660. The smallest absolute Gasteiger partial charge is 0.0400 e. The first-order valence-corrected chi connectivity index (χ1v) is 9.84. The summed E-state index contributed by atoms with van der Waals surface area (Å²) in [4.78, 5) is 0. The van der Waals surface area contributed by atoms with Gasteiger partial charge in [0.05, 0.1) is 0 Å². The first-order valence-electron chi connectivity index (χ1n) is 8.60. The fourth-order valence-electron chi connectivity index (χ4n) is 5.40.